The van der Waals surface area contributed by atoms with Crippen LogP contribution in [0.2, 0.25) is 0 Å². The zero-order chi connectivity index (χ0) is 59.5. The Kier molecular flexibility index (Phi) is 37.3. The van der Waals surface area contributed by atoms with Crippen LogP contribution >= 0.6 is 0 Å². The Morgan fingerprint density at radius 3 is 1.22 bits per heavy atom. The number of aromatic nitrogens is 3. The highest BCUT2D eigenvalue weighted by molar-refractivity contribution is 5.94. The summed E-state index contributed by atoms with van der Waals surface area (Å²) in [7, 11) is 0. The van der Waals surface area contributed by atoms with E-state index in [0.717, 1.165) is 16.8 Å². The van der Waals surface area contributed by atoms with Gasteiger partial charge in [0.05, 0.1) is 52.0 Å². The number of carbonyl (C=O) groups excluding carboxylic acids is 6. The predicted molar refractivity (Wildman–Crippen MR) is 306 cm³/mol. The number of hydrogen-bond donors (Lipinski definition) is 3. The van der Waals surface area contributed by atoms with E-state index in [2.05, 4.69) is 19.7 Å². The van der Waals surface area contributed by atoms with Crippen molar-refractivity contribution in [1.29, 1.82) is 0 Å². The summed E-state index contributed by atoms with van der Waals surface area (Å²) in [5.74, 6) is -2.85. The minimum Gasteiger partial charge on any atom is -0.463 e. The molecule has 9 rings (SSSR count). The lowest BCUT2D eigenvalue weighted by Crippen LogP contribution is -2.22. The average Bonchev–Trinajstić information content (AvgIpc) is 4.41. The Balaban J connectivity index is 0.000000993. The van der Waals surface area contributed by atoms with E-state index in [1.54, 1.807) is 116 Å². The summed E-state index contributed by atoms with van der Waals surface area (Å²) in [4.78, 5) is 77.5. The van der Waals surface area contributed by atoms with E-state index in [0.29, 0.717) is 45.3 Å². The Labute approximate surface area is 463 Å². The quantitative estimate of drug-likeness (QED) is 0.0421. The van der Waals surface area contributed by atoms with E-state index in [-0.39, 0.29) is 17.9 Å². The van der Waals surface area contributed by atoms with Gasteiger partial charge in [-0.3, -0.25) is 4.79 Å². The molecule has 0 amide bonds. The molecule has 0 saturated carbocycles. The van der Waals surface area contributed by atoms with Gasteiger partial charge in [0.25, 0.3) is 6.47 Å². The fraction of sp³-hybridized carbons (Fsp3) is 0.311. The van der Waals surface area contributed by atoms with Crippen molar-refractivity contribution in [3.8, 4) is 0 Å². The van der Waals surface area contributed by atoms with Gasteiger partial charge in [-0.2, -0.15) is 0 Å². The lowest BCUT2D eigenvalue weighted by Gasteiger charge is -2.13. The van der Waals surface area contributed by atoms with Crippen molar-refractivity contribution < 1.29 is 70.4 Å². The molecule has 3 N–H and O–H groups in total. The van der Waals surface area contributed by atoms with Crippen molar-refractivity contribution in [2.24, 2.45) is 0 Å². The number of carbonyl (C=O) groups is 6. The van der Waals surface area contributed by atoms with Gasteiger partial charge in [-0.1, -0.05) is 145 Å². The van der Waals surface area contributed by atoms with E-state index < -0.39 is 49.2 Å². The van der Waals surface area contributed by atoms with Crippen molar-refractivity contribution in [3.63, 3.8) is 0 Å². The second-order valence-corrected chi connectivity index (χ2v) is 13.8. The minimum absolute atomic E-state index is 0.233. The van der Waals surface area contributed by atoms with Gasteiger partial charge < -0.3 is 56.6 Å². The van der Waals surface area contributed by atoms with Crippen LogP contribution in [-0.4, -0.2) is 70.6 Å². The molecule has 0 fully saturated rings. The third kappa shape index (κ3) is 24.7. The molecule has 0 radical (unpaired) electrons. The molecule has 2 unspecified atom stereocenters. The summed E-state index contributed by atoms with van der Waals surface area (Å²) < 4.78 is 44.7. The highest BCUT2D eigenvalue weighted by Crippen LogP contribution is 2.19. The van der Waals surface area contributed by atoms with Crippen LogP contribution in [0, 0.1) is 6.92 Å². The smallest absolute Gasteiger partial charge is 0.357 e. The van der Waals surface area contributed by atoms with Gasteiger partial charge in [0.1, 0.15) is 11.4 Å². The number of hydrogen-bond acceptors (Lipinski definition) is 15. The molecule has 3 aromatic carbocycles. The number of aromatic amines is 3. The number of aryl methyl sites for hydroxylation is 1. The molecule has 6 aromatic heterocycles. The maximum atomic E-state index is 12.0. The first-order chi connectivity index (χ1) is 38.5. The van der Waals surface area contributed by atoms with Crippen LogP contribution in [0.15, 0.2) is 159 Å². The Bertz CT molecular complexity index is 2910. The second kappa shape index (κ2) is 42.1. The van der Waals surface area contributed by atoms with Gasteiger partial charge in [-0.15, -0.1) is 0 Å². The summed E-state index contributed by atoms with van der Waals surface area (Å²) in [6.07, 6.45) is 3.32. The largest absolute Gasteiger partial charge is 0.463 e. The average molecular weight is 1090 g/mol. The first kappa shape index (κ1) is 69.9. The van der Waals surface area contributed by atoms with Crippen molar-refractivity contribution in [2.75, 3.05) is 6.79 Å². The number of esters is 5. The maximum absolute atomic E-state index is 12.0. The van der Waals surface area contributed by atoms with Crippen LogP contribution in [0.5, 0.6) is 0 Å². The Hall–Kier alpha value is -9.06. The number of nitrogens with one attached hydrogen (secondary N) is 3. The molecule has 18 nitrogen and oxygen atoms in total. The number of ether oxygens (including phenoxy) is 6. The highest BCUT2D eigenvalue weighted by atomic mass is 16.7. The second-order valence-electron chi connectivity index (χ2n) is 13.8. The fourth-order valence-electron chi connectivity index (χ4n) is 5.83. The molecule has 6 heterocycles. The minimum atomic E-state index is -1.00. The van der Waals surface area contributed by atoms with Crippen molar-refractivity contribution >= 4 is 69.6 Å². The van der Waals surface area contributed by atoms with E-state index >= 15 is 0 Å². The summed E-state index contributed by atoms with van der Waals surface area (Å²) in [6.45, 7) is 29.1. The molecule has 0 saturated heterocycles. The number of H-pyrrole nitrogens is 3. The monoisotopic (exact) mass is 1090 g/mol. The van der Waals surface area contributed by atoms with Gasteiger partial charge in [0, 0.05) is 55.4 Å². The van der Waals surface area contributed by atoms with Crippen LogP contribution in [0.3, 0.4) is 0 Å². The van der Waals surface area contributed by atoms with Gasteiger partial charge in [0.15, 0.2) is 16.7 Å². The lowest BCUT2D eigenvalue weighted by molar-refractivity contribution is -0.153. The number of furan rings is 3. The van der Waals surface area contributed by atoms with E-state index in [9.17, 15) is 28.8 Å². The summed E-state index contributed by atoms with van der Waals surface area (Å²) in [6, 6.07) is 35.8. The molecule has 18 heteroatoms. The first-order valence-corrected chi connectivity index (χ1v) is 26.4. The normalized spacial score (nSPS) is 10.0. The van der Waals surface area contributed by atoms with Crippen LogP contribution in [0.1, 0.15) is 161 Å². The van der Waals surface area contributed by atoms with Crippen molar-refractivity contribution in [3.05, 3.63) is 180 Å². The molecule has 0 aliphatic carbocycles. The number of rotatable bonds is 13. The van der Waals surface area contributed by atoms with Gasteiger partial charge >= 0.3 is 29.8 Å². The number of benzene rings is 3. The molecule has 0 aliphatic rings. The Morgan fingerprint density at radius 1 is 0.468 bits per heavy atom. The molecule has 428 valence electrons. The highest BCUT2D eigenvalue weighted by Gasteiger charge is 2.19. The summed E-state index contributed by atoms with van der Waals surface area (Å²) >= 11 is 0. The zero-order valence-electron chi connectivity index (χ0n) is 48.1. The van der Waals surface area contributed by atoms with Crippen LogP contribution < -0.4 is 0 Å². The number of fused-ring (bicyclic) bond motifs is 3. The van der Waals surface area contributed by atoms with E-state index in [1.807, 2.05) is 102 Å². The van der Waals surface area contributed by atoms with E-state index in [1.165, 1.54) is 31.6 Å². The molecule has 9 aromatic rings. The third-order valence-electron chi connectivity index (χ3n) is 9.03. The predicted octanol–water partition coefficient (Wildman–Crippen LogP) is 15.8. The van der Waals surface area contributed by atoms with Crippen LogP contribution in [0.4, 0.5) is 0 Å². The Morgan fingerprint density at radius 2 is 0.823 bits per heavy atom. The molecule has 79 heavy (non-hydrogen) atoms. The molecule has 0 aliphatic heterocycles. The lowest BCUT2D eigenvalue weighted by atomic mass is 10.2. The fourth-order valence-corrected chi connectivity index (χ4v) is 5.83. The first-order valence-electron chi connectivity index (χ1n) is 26.4. The molecule has 2 atom stereocenters. The van der Waals surface area contributed by atoms with Gasteiger partial charge in [-0.05, 0) is 43.3 Å². The van der Waals surface area contributed by atoms with E-state index in [4.69, 9.17) is 36.9 Å². The topological polar surface area (TPSA) is 245 Å². The zero-order valence-corrected chi connectivity index (χ0v) is 48.1. The summed E-state index contributed by atoms with van der Waals surface area (Å²) in [5, 5.41) is 0. The SMILES string of the molecule is CC.CC.CC.CC.CC.CC.CC(OC(=O)c1ccccc1)OC(=O)c1cc2occc2[nH]1.CCC(OC=O)OC(=O)c1ccccc1.Cc1cc2occc2[nH]1.O=C(OCOC(=O)c1cc2occc2[nH]1)c1ccccc1. The van der Waals surface area contributed by atoms with Crippen molar-refractivity contribution in [2.45, 2.75) is 123 Å². The van der Waals surface area contributed by atoms with Crippen LogP contribution in [0.25, 0.3) is 33.3 Å². The molecule has 0 spiro atoms. The van der Waals surface area contributed by atoms with Gasteiger partial charge in [0.2, 0.25) is 19.4 Å². The maximum Gasteiger partial charge on any atom is 0.357 e. The van der Waals surface area contributed by atoms with Crippen molar-refractivity contribution in [1.82, 2.24) is 15.0 Å². The third-order valence-corrected chi connectivity index (χ3v) is 9.03. The summed E-state index contributed by atoms with van der Waals surface area (Å²) in [5.41, 5.74) is 7.36. The standard InChI is InChI=1S/C16H13NO5.C15H11NO5.C11H12O4.C7H7NO.6C2H6/c1-10(21-15(18)11-5-3-2-4-6-11)22-16(19)13-9-14-12(17-13)7-8-20-14;17-14(10-4-2-1-3-5-10)20-9-21-15(18)12-8-13-11(16-12)6-7-19-13;1-2-10(14-8-12)15-11(13)9-6-4-3-5-7-9;1-5-4-7-6(8-5)2-3-9-7;6*1-2/h2-10,17H,1H3;1-8,16H,9H2;3-8,10H,2H2,1H3;2-4,8H,1H3;6*1-2H3. The molecular formula is C61H79N3O15. The molecular weight excluding hydrogens is 1010 g/mol. The van der Waals surface area contributed by atoms with Gasteiger partial charge in [-0.25, -0.2) is 24.0 Å². The molecule has 0 bridgehead atoms. The van der Waals surface area contributed by atoms with Crippen LogP contribution in [-0.2, 0) is 33.2 Å².